The van der Waals surface area contributed by atoms with Crippen LogP contribution in [0.1, 0.15) is 131 Å². The molecule has 0 radical (unpaired) electrons. The predicted octanol–water partition coefficient (Wildman–Crippen LogP) is 6.89. The fourth-order valence-corrected chi connectivity index (χ4v) is 11.0. The fourth-order valence-electron chi connectivity index (χ4n) is 11.0. The second kappa shape index (κ2) is 34.0. The van der Waals surface area contributed by atoms with Gasteiger partial charge in [0.1, 0.15) is 30.1 Å². The van der Waals surface area contributed by atoms with Crippen LogP contribution in [0.2, 0.25) is 0 Å². The number of piperidine rings is 1. The van der Waals surface area contributed by atoms with Gasteiger partial charge in [-0.1, -0.05) is 101 Å². The number of aliphatic hydroxyl groups is 3. The summed E-state index contributed by atoms with van der Waals surface area (Å²) >= 11 is 0. The van der Waals surface area contributed by atoms with E-state index in [9.17, 15) is 39.3 Å². The Hall–Kier alpha value is -4.31. The van der Waals surface area contributed by atoms with E-state index in [0.29, 0.717) is 63.4 Å². The topological polar surface area (TPSA) is 274 Å². The number of fused-ring (bicyclic) bond motifs is 3. The van der Waals surface area contributed by atoms with Gasteiger partial charge in [0.15, 0.2) is 5.78 Å². The highest BCUT2D eigenvalue weighted by Gasteiger charge is 2.53. The van der Waals surface area contributed by atoms with Gasteiger partial charge in [-0.05, 0) is 119 Å². The van der Waals surface area contributed by atoms with Gasteiger partial charge in [-0.2, -0.15) is 0 Å². The standard InChI is InChI=1S/C51H79NO13.C8H12N2.H2O2/c1-30-16-12-11-13-17-31(2)42(61-8)28-38-21-19-36(7)51(60,65-38)48(57)49(58)52-23-15-14-18-39(52)50(59)64-43(33(4)26-37-20-22-40(53)44(27-37)62-9)29-41(54)32(3)25-35(6)46(56)47(63-10)45(55)34(5)24-30;9-10-7-6-8-4-2-1-3-5-8;1-2/h11-13,16-17,25,30,32-34,36-40,42-44,46-47,53,56,60H,14-15,18-24,26-29H2,1-10H3;1-5,10H,6-7,9H2;1-2H/b13-11?,16-12+,31-17?,35-25+;;/t30-,32-,33-,34-,36-,37+,38+,39+,40-,42+,43+,44-,46-,47+,51-;;/m1../s1. The van der Waals surface area contributed by atoms with Crippen LogP contribution in [-0.4, -0.2) is 149 Å². The number of amides is 1. The van der Waals surface area contributed by atoms with Crippen LogP contribution < -0.4 is 11.3 Å². The summed E-state index contributed by atoms with van der Waals surface area (Å²) in [5.74, 6) is -2.83. The number of nitrogens with zero attached hydrogens (tertiary/aromatic N) is 1. The van der Waals surface area contributed by atoms with E-state index < -0.39 is 83.9 Å². The molecule has 1 saturated carbocycles. The van der Waals surface area contributed by atoms with Crippen LogP contribution in [0.15, 0.2) is 77.9 Å². The Bertz CT molecular complexity index is 2120. The first kappa shape index (κ1) is 67.0. The van der Waals surface area contributed by atoms with Crippen LogP contribution in [0.5, 0.6) is 0 Å². The number of allylic oxidation sites excluding steroid dienone is 6. The first-order valence-electron chi connectivity index (χ1n) is 27.5. The summed E-state index contributed by atoms with van der Waals surface area (Å²) < 4.78 is 29.4. The second-order valence-electron chi connectivity index (χ2n) is 21.8. The maximum Gasteiger partial charge on any atom is 0.329 e. The zero-order valence-electron chi connectivity index (χ0n) is 47.4. The van der Waals surface area contributed by atoms with Crippen LogP contribution in [0.4, 0.5) is 0 Å². The Morgan fingerprint density at radius 2 is 1.55 bits per heavy atom. The number of cyclic esters (lactones) is 1. The third-order valence-electron chi connectivity index (χ3n) is 15.9. The molecule has 0 spiro atoms. The molecule has 3 heterocycles. The van der Waals surface area contributed by atoms with E-state index in [2.05, 4.69) is 17.6 Å². The molecule has 0 unspecified atom stereocenters. The predicted molar refractivity (Wildman–Crippen MR) is 293 cm³/mol. The number of Topliss-reactive ketones (excluding diaryl/α,β-unsaturated/α-hetero) is 3. The lowest BCUT2D eigenvalue weighted by molar-refractivity contribution is -0.265. The molecule has 77 heavy (non-hydrogen) atoms. The van der Waals surface area contributed by atoms with Gasteiger partial charge in [-0.15, -0.1) is 0 Å². The SMILES string of the molecule is CO[C@H]1C[C@@H]2CC[C@@H](C)[C@@](O)(O2)C(=O)C(=O)N2CCCC[C@H]2C(=O)O[C@H]([C@H](C)C[C@@H]2CC[C@@H](O)[C@H](OC)C2)CC(=O)[C@H](C)/C=C(\C)[C@@H](O)[C@@H](OC)C(=O)[C@H](C)C[C@H](C)/C=C/C=CC=C1C.NNCCc1ccccc1.OO. The van der Waals surface area contributed by atoms with Crippen LogP contribution in [0.25, 0.3) is 0 Å². The number of carbonyl (C=O) groups excluding carboxylic acids is 5. The number of hydrogen-bond acceptors (Lipinski definition) is 17. The number of ether oxygens (including phenoxy) is 5. The zero-order valence-corrected chi connectivity index (χ0v) is 47.4. The molecule has 3 aliphatic heterocycles. The zero-order chi connectivity index (χ0) is 57.4. The Labute approximate surface area is 457 Å². The number of aliphatic hydroxyl groups excluding tert-OH is 2. The van der Waals surface area contributed by atoms with E-state index in [4.69, 9.17) is 40.0 Å². The number of nitrogens with one attached hydrogen (secondary N) is 1. The van der Waals surface area contributed by atoms with E-state index in [1.807, 2.05) is 76.3 Å². The van der Waals surface area contributed by atoms with Crippen molar-refractivity contribution in [1.82, 2.24) is 10.3 Å². The molecule has 2 saturated heterocycles. The Morgan fingerprint density at radius 1 is 0.844 bits per heavy atom. The summed E-state index contributed by atoms with van der Waals surface area (Å²) in [6.07, 6.45) is 12.2. The number of esters is 1. The highest BCUT2D eigenvalue weighted by molar-refractivity contribution is 6.39. The maximum absolute atomic E-state index is 14.4. The van der Waals surface area contributed by atoms with E-state index >= 15 is 0 Å². The highest BCUT2D eigenvalue weighted by Crippen LogP contribution is 2.38. The molecule has 18 nitrogen and oxygen atoms in total. The molecule has 1 aliphatic carbocycles. The van der Waals surface area contributed by atoms with Gasteiger partial charge in [0.2, 0.25) is 5.79 Å². The number of carbonyl (C=O) groups is 5. The van der Waals surface area contributed by atoms with Gasteiger partial charge in [-0.3, -0.25) is 41.0 Å². The van der Waals surface area contributed by atoms with Crippen LogP contribution in [0, 0.1) is 35.5 Å². The van der Waals surface area contributed by atoms with E-state index in [1.54, 1.807) is 41.1 Å². The van der Waals surface area contributed by atoms with Gasteiger partial charge >= 0.3 is 5.97 Å². The van der Waals surface area contributed by atoms with Crippen molar-refractivity contribution in [3.63, 3.8) is 0 Å². The highest BCUT2D eigenvalue weighted by atomic mass is 17.0. The molecular weight excluding hydrogens is 991 g/mol. The molecule has 1 aromatic carbocycles. The van der Waals surface area contributed by atoms with Gasteiger partial charge in [0, 0.05) is 65.0 Å². The molecule has 18 heteroatoms. The monoisotopic (exact) mass is 1080 g/mol. The van der Waals surface area contributed by atoms with Crippen molar-refractivity contribution in [3.8, 4) is 0 Å². The van der Waals surface area contributed by atoms with E-state index in [0.717, 1.165) is 25.0 Å². The molecule has 434 valence electrons. The number of benzene rings is 1. The summed E-state index contributed by atoms with van der Waals surface area (Å²) in [5, 5.41) is 45.8. The van der Waals surface area contributed by atoms with Crippen LogP contribution >= 0.6 is 0 Å². The van der Waals surface area contributed by atoms with Crippen molar-refractivity contribution in [1.29, 1.82) is 0 Å². The van der Waals surface area contributed by atoms with Crippen LogP contribution in [-0.2, 0) is 54.1 Å². The summed E-state index contributed by atoms with van der Waals surface area (Å²) in [6, 6.07) is 9.13. The molecular formula is C59H93N3O15. The third kappa shape index (κ3) is 20.1. The van der Waals surface area contributed by atoms with Crippen molar-refractivity contribution in [2.45, 2.75) is 186 Å². The maximum atomic E-state index is 14.4. The molecule has 3 fully saturated rings. The number of hydrogen-bond donors (Lipinski definition) is 7. The Balaban J connectivity index is 0.00000115. The average Bonchev–Trinajstić information content (AvgIpc) is 3.43. The molecule has 0 aromatic heterocycles. The number of nitrogens with two attached hydrogens (primary N) is 1. The Morgan fingerprint density at radius 3 is 2.19 bits per heavy atom. The van der Waals surface area contributed by atoms with Gasteiger partial charge < -0.3 is 43.9 Å². The lowest BCUT2D eigenvalue weighted by Gasteiger charge is -2.42. The van der Waals surface area contributed by atoms with Gasteiger partial charge in [0.05, 0.1) is 24.4 Å². The minimum Gasteiger partial charge on any atom is -0.460 e. The van der Waals surface area contributed by atoms with Gasteiger partial charge in [-0.25, -0.2) is 4.79 Å². The summed E-state index contributed by atoms with van der Waals surface area (Å²) in [4.78, 5) is 71.8. The lowest BCUT2D eigenvalue weighted by atomic mass is 9.78. The van der Waals surface area contributed by atoms with E-state index in [1.165, 1.54) is 17.6 Å². The quantitative estimate of drug-likeness (QED) is 0.0331. The van der Waals surface area contributed by atoms with Crippen molar-refractivity contribution in [2.24, 2.45) is 41.4 Å². The second-order valence-corrected chi connectivity index (χ2v) is 21.8. The molecule has 1 aromatic rings. The fraction of sp³-hybridized carbons (Fsp3) is 0.678. The average molecular weight is 1080 g/mol. The first-order valence-corrected chi connectivity index (χ1v) is 27.5. The largest absolute Gasteiger partial charge is 0.460 e. The molecule has 15 atom stereocenters. The Kier molecular flexibility index (Phi) is 29.5. The summed E-state index contributed by atoms with van der Waals surface area (Å²) in [5.41, 5.74) is 5.20. The normalized spacial score (nSPS) is 34.4. The molecule has 2 bridgehead atoms. The summed E-state index contributed by atoms with van der Waals surface area (Å²) in [7, 11) is 4.52. The molecule has 8 N–H and O–H groups in total. The summed E-state index contributed by atoms with van der Waals surface area (Å²) in [6.45, 7) is 13.6. The molecule has 4 aliphatic rings. The lowest BCUT2D eigenvalue weighted by Crippen LogP contribution is -2.61. The molecule has 5 rings (SSSR count). The van der Waals surface area contributed by atoms with Crippen molar-refractivity contribution < 1.29 is 73.5 Å². The number of rotatable bonds is 9. The minimum atomic E-state index is -2.43. The van der Waals surface area contributed by atoms with Gasteiger partial charge in [0.25, 0.3) is 11.7 Å². The third-order valence-corrected chi connectivity index (χ3v) is 15.9. The number of methoxy groups -OCH3 is 3. The van der Waals surface area contributed by atoms with E-state index in [-0.39, 0.29) is 54.8 Å². The smallest absolute Gasteiger partial charge is 0.329 e. The van der Waals surface area contributed by atoms with Crippen molar-refractivity contribution >= 4 is 29.2 Å². The molecule has 1 amide bonds. The van der Waals surface area contributed by atoms with Crippen LogP contribution in [0.3, 0.4) is 0 Å². The number of ketones is 3. The van der Waals surface area contributed by atoms with Crippen molar-refractivity contribution in [3.05, 3.63) is 83.5 Å². The first-order chi connectivity index (χ1) is 36.7. The number of hydrazine groups is 1. The van der Waals surface area contributed by atoms with Crippen molar-refractivity contribution in [2.75, 3.05) is 34.4 Å². The minimum absolute atomic E-state index is 0.0193.